The first-order valence-electron chi connectivity index (χ1n) is 33.5. The summed E-state index contributed by atoms with van der Waals surface area (Å²) >= 11 is 47.3. The average molecular weight is 1810 g/mol. The minimum Gasteiger partial charge on any atom is -0.508 e. The fourth-order valence-electron chi connectivity index (χ4n) is 9.85. The number of thiophene rings is 5. The lowest BCUT2D eigenvalue weighted by Gasteiger charge is -2.12. The molecule has 0 unspecified atom stereocenters. The number of rotatable bonds is 16. The van der Waals surface area contributed by atoms with Crippen LogP contribution in [0.2, 0.25) is 25.2 Å². The number of nitro benzene ring substituents is 2. The van der Waals surface area contributed by atoms with E-state index in [1.165, 1.54) is 101 Å². The molecular weight excluding hydrogens is 1750 g/mol. The normalized spacial score (nSPS) is 10.5. The average Bonchev–Trinajstić information content (AvgIpc) is 1.63. The number of nitrogen functional groups attached to an aromatic ring is 1. The largest absolute Gasteiger partial charge is 0.508 e. The molecule has 42 heteroatoms. The summed E-state index contributed by atoms with van der Waals surface area (Å²) < 4.78 is 21.7. The first-order chi connectivity index (χ1) is 57.1. The van der Waals surface area contributed by atoms with Crippen LogP contribution < -0.4 is 46.5 Å². The van der Waals surface area contributed by atoms with Gasteiger partial charge >= 0.3 is 0 Å². The lowest BCUT2D eigenvalue weighted by molar-refractivity contribution is -0.384. The molecule has 11 heterocycles. The molecule has 0 fully saturated rings. The smallest absolute Gasteiger partial charge is 0.288 e. The predicted molar refractivity (Wildman–Crippen MR) is 472 cm³/mol. The van der Waals surface area contributed by atoms with E-state index in [1.807, 2.05) is 118 Å². The number of phenols is 1. The van der Waals surface area contributed by atoms with Crippen molar-refractivity contribution in [3.63, 3.8) is 0 Å². The van der Waals surface area contributed by atoms with Crippen molar-refractivity contribution in [2.45, 2.75) is 12.8 Å². The molecule has 0 saturated carbocycles. The van der Waals surface area contributed by atoms with E-state index in [0.29, 0.717) is 78.9 Å². The zero-order valence-electron chi connectivity index (χ0n) is 59.6. The van der Waals surface area contributed by atoms with E-state index >= 15 is 0 Å². The number of fused-ring (bicyclic) bond motifs is 5. The maximum absolute atomic E-state index is 12.1. The van der Waals surface area contributed by atoms with Crippen molar-refractivity contribution >= 4 is 252 Å². The number of anilines is 5. The number of halogens is 5. The van der Waals surface area contributed by atoms with Crippen LogP contribution in [0.5, 0.6) is 40.6 Å². The summed E-state index contributed by atoms with van der Waals surface area (Å²) in [6.07, 6.45) is 10.9. The molecular formula is C76H51Cl5N20O10S7. The van der Waals surface area contributed by atoms with Crippen LogP contribution in [0, 0.1) is 20.2 Å². The number of carbonyl (C=O) groups is 2. The Morgan fingerprint density at radius 1 is 0.441 bits per heavy atom. The van der Waals surface area contributed by atoms with E-state index in [9.17, 15) is 29.8 Å². The number of nitrogens with two attached hydrogens (primary N) is 1. The number of nitro groups is 2. The second-order valence-electron chi connectivity index (χ2n) is 23.2. The number of amides is 2. The summed E-state index contributed by atoms with van der Waals surface area (Å²) in [6, 6.07) is 46.3. The van der Waals surface area contributed by atoms with Gasteiger partial charge in [-0.05, 0) is 129 Å². The summed E-state index contributed by atoms with van der Waals surface area (Å²) in [5.74, 6) is 3.45. The molecule has 118 heavy (non-hydrogen) atoms. The van der Waals surface area contributed by atoms with Gasteiger partial charge in [-0.1, -0.05) is 119 Å². The number of hydrogen-bond acceptors (Lipinski definition) is 31. The van der Waals surface area contributed by atoms with E-state index in [-0.39, 0.29) is 62.1 Å². The van der Waals surface area contributed by atoms with E-state index in [2.05, 4.69) is 86.4 Å². The van der Waals surface area contributed by atoms with Crippen molar-refractivity contribution in [3.05, 3.63) is 291 Å². The highest BCUT2D eigenvalue weighted by Crippen LogP contribution is 2.38. The standard InChI is InChI=1S/C21H15ClN4O2S2.C19H15N7OS2.C12H6ClN3O3S.C12H8ClN3OS.C6H3ClN2S.C6H4ClNO3/c22-15-11-14(28-20-19-17(8-9-30-19)23-12-24-20)6-7-16(15)25-21(29)26-18(27)10-13-4-2-1-3-5-13;27-15(8-12-4-2-1-3-5-12)25-19(28)24-13-9-20-18(21-10-13)26-17-16-14(6-7-29-16)22-11-23-17;13-8-5-7(1-2-10(8)16(17)18)19-12-11-9(3-4-20-11)14-6-15-12;13-8-5-7(1-2-9(8)14)17-12-11-10(3-4-18-11)15-6-16-12;7-6-5-4(1-2-10-5)8-3-9-6;7-5-3-4(9)1-2-6(5)8(10)11/h1-9,11-12H,10H2,(H2,25,26,27,29);1-7,9-11H,8H2,(H2,24,25,27,28)(H,20,21,22,23,26);1-6H;1-6H,14H2;1-3H;1-3,9H. The second kappa shape index (κ2) is 41.3. The fourth-order valence-corrected chi connectivity index (χ4v) is 15.3. The highest BCUT2D eigenvalue weighted by atomic mass is 35.5. The zero-order chi connectivity index (χ0) is 83.0. The number of hydrogen-bond donors (Lipinski definition) is 7. The quantitative estimate of drug-likeness (QED) is 0.0155. The van der Waals surface area contributed by atoms with Gasteiger partial charge in [0.2, 0.25) is 35.4 Å². The van der Waals surface area contributed by atoms with Crippen LogP contribution in [0.25, 0.3) is 51.1 Å². The Bertz CT molecular complexity index is 6450. The van der Waals surface area contributed by atoms with Gasteiger partial charge in [0, 0.05) is 36.4 Å². The number of benzene rings is 6. The monoisotopic (exact) mass is 1800 g/mol. The highest BCUT2D eigenvalue weighted by Gasteiger charge is 2.18. The molecule has 0 spiro atoms. The number of nitrogens with one attached hydrogen (secondary N) is 5. The molecule has 6 aromatic carbocycles. The van der Waals surface area contributed by atoms with Gasteiger partial charge in [-0.2, -0.15) is 0 Å². The SMILES string of the molecule is Clc1ncnc2ccsc12.Nc1ccc(Oc2ncnc3ccsc23)cc1Cl.O=C(Cc1ccccc1)NC(=S)Nc1ccc(Oc2ncnc3ccsc23)cc1Cl.O=C(Cc1ccccc1)NC(=S)Nc1cnc(Nc2ncnc3ccsc23)nc1.O=[N+]([O-])c1ccc(O)cc1Cl.O=[N+]([O-])c1ccc(Oc2ncnc3ccsc23)cc1Cl. The van der Waals surface area contributed by atoms with Crippen LogP contribution in [0.4, 0.5) is 40.2 Å². The van der Waals surface area contributed by atoms with Gasteiger partial charge in [0.25, 0.3) is 11.4 Å². The van der Waals surface area contributed by atoms with Crippen LogP contribution in [0.3, 0.4) is 0 Å². The van der Waals surface area contributed by atoms with Crippen molar-refractivity contribution < 1.29 is 38.8 Å². The van der Waals surface area contributed by atoms with E-state index in [1.54, 1.807) is 60.1 Å². The molecule has 0 bridgehead atoms. The van der Waals surface area contributed by atoms with Gasteiger partial charge in [-0.3, -0.25) is 29.8 Å². The van der Waals surface area contributed by atoms with Crippen LogP contribution in [-0.2, 0) is 22.4 Å². The lowest BCUT2D eigenvalue weighted by Crippen LogP contribution is -2.35. The molecule has 592 valence electrons. The van der Waals surface area contributed by atoms with Crippen molar-refractivity contribution in [3.8, 4) is 40.6 Å². The molecule has 11 aromatic heterocycles. The summed E-state index contributed by atoms with van der Waals surface area (Å²) in [5.41, 5.74) is 13.0. The van der Waals surface area contributed by atoms with Gasteiger partial charge in [-0.15, -0.1) is 56.7 Å². The molecule has 30 nitrogen and oxygen atoms in total. The van der Waals surface area contributed by atoms with Crippen LogP contribution >= 0.6 is 139 Å². The number of aromatic hydroxyl groups is 1. The molecule has 0 atom stereocenters. The summed E-state index contributed by atoms with van der Waals surface area (Å²) in [5, 5.41) is 55.3. The Labute approximate surface area is 722 Å². The maximum atomic E-state index is 12.1. The number of phenolic OH excluding ortho intramolecular Hbond substituents is 1. The van der Waals surface area contributed by atoms with Crippen molar-refractivity contribution in [1.29, 1.82) is 0 Å². The molecule has 0 aliphatic rings. The highest BCUT2D eigenvalue weighted by molar-refractivity contribution is 7.80. The fraction of sp³-hybridized carbons (Fsp3) is 0.0263. The van der Waals surface area contributed by atoms with Crippen LogP contribution in [-0.4, -0.2) is 96.8 Å². The Morgan fingerprint density at radius 2 is 0.839 bits per heavy atom. The van der Waals surface area contributed by atoms with Crippen molar-refractivity contribution in [2.75, 3.05) is 21.7 Å². The van der Waals surface area contributed by atoms with Gasteiger partial charge in [0.05, 0.1) is 99.2 Å². The second-order valence-corrected chi connectivity index (χ2v) is 30.6. The third-order valence-electron chi connectivity index (χ3n) is 15.2. The number of nitrogens with zero attached hydrogens (tertiary/aromatic N) is 14. The topological polar surface area (TPSA) is 409 Å². The molecule has 17 rings (SSSR count). The van der Waals surface area contributed by atoms with E-state index in [0.717, 1.165) is 74.3 Å². The predicted octanol–water partition coefficient (Wildman–Crippen LogP) is 20.5. The van der Waals surface area contributed by atoms with Gasteiger partial charge in [-0.25, -0.2) is 59.8 Å². The summed E-state index contributed by atoms with van der Waals surface area (Å²) in [4.78, 5) is 93.5. The van der Waals surface area contributed by atoms with Gasteiger partial charge in [0.15, 0.2) is 16.0 Å². The summed E-state index contributed by atoms with van der Waals surface area (Å²) in [6.45, 7) is 0. The van der Waals surface area contributed by atoms with Gasteiger partial charge < -0.3 is 51.6 Å². The molecule has 0 aliphatic carbocycles. The van der Waals surface area contributed by atoms with E-state index in [4.69, 9.17) is 107 Å². The Kier molecular flexibility index (Phi) is 29.6. The van der Waals surface area contributed by atoms with Crippen LogP contribution in [0.1, 0.15) is 11.1 Å². The third-order valence-corrected chi connectivity index (χ3v) is 21.7. The molecule has 8 N–H and O–H groups in total. The first kappa shape index (κ1) is 84.8. The Morgan fingerprint density at radius 3 is 1.30 bits per heavy atom. The van der Waals surface area contributed by atoms with Crippen molar-refractivity contribution in [1.82, 2.24) is 70.4 Å². The molecule has 0 radical (unpaired) electrons. The molecule has 0 saturated heterocycles. The number of thiocarbonyl (C=S) groups is 2. The molecule has 17 aromatic rings. The van der Waals surface area contributed by atoms with Crippen LogP contribution in [0.15, 0.2) is 235 Å². The molecule has 0 aliphatic heterocycles. The van der Waals surface area contributed by atoms with E-state index < -0.39 is 9.85 Å². The minimum absolute atomic E-state index is 0.0176. The minimum atomic E-state index is -0.609. The Balaban J connectivity index is 0.000000135. The third kappa shape index (κ3) is 23.8. The zero-order valence-corrected chi connectivity index (χ0v) is 69.1. The number of aromatic nitrogens is 12. The number of carbonyl (C=O) groups excluding carboxylic acids is 2. The first-order valence-corrected chi connectivity index (χ1v) is 40.6. The Hall–Kier alpha value is -12.6. The lowest BCUT2D eigenvalue weighted by atomic mass is 10.1. The van der Waals surface area contributed by atoms with Gasteiger partial charge in [0.1, 0.15) is 83.9 Å². The van der Waals surface area contributed by atoms with Crippen molar-refractivity contribution in [2.24, 2.45) is 0 Å². The summed E-state index contributed by atoms with van der Waals surface area (Å²) in [7, 11) is 0. The number of ether oxygens (including phenoxy) is 3. The maximum Gasteiger partial charge on any atom is 0.288 e. The molecule has 2 amide bonds.